The molecule has 0 aliphatic carbocycles. The minimum Gasteiger partial charge on any atom is -0.444 e. The van der Waals surface area contributed by atoms with E-state index < -0.39 is 27.9 Å². The normalized spacial score (nSPS) is 13.2. The SMILES string of the molecule is CC(C)(CN(c1cc(F)ccc1Cl)C(Br)C=O)CC(C)(C)OC(N)=O. The summed E-state index contributed by atoms with van der Waals surface area (Å²) in [6.45, 7) is 7.76. The predicted molar refractivity (Wildman–Crippen MR) is 101 cm³/mol. The van der Waals surface area contributed by atoms with Gasteiger partial charge in [0.15, 0.2) is 6.29 Å². The molecule has 1 atom stereocenters. The first-order valence-corrected chi connectivity index (χ1v) is 8.96. The molecule has 0 saturated carbocycles. The third kappa shape index (κ3) is 6.82. The molecule has 0 aromatic heterocycles. The highest BCUT2D eigenvalue weighted by Gasteiger charge is 2.34. The number of primary amides is 1. The van der Waals surface area contributed by atoms with E-state index in [0.29, 0.717) is 30.0 Å². The second-order valence-electron chi connectivity index (χ2n) is 7.25. The Balaban J connectivity index is 3.11. The van der Waals surface area contributed by atoms with Gasteiger partial charge in [-0.05, 0) is 43.9 Å². The third-order valence-electron chi connectivity index (χ3n) is 3.51. The molecule has 0 bridgehead atoms. The molecule has 0 heterocycles. The molecule has 25 heavy (non-hydrogen) atoms. The highest BCUT2D eigenvalue weighted by atomic mass is 79.9. The molecule has 0 fully saturated rings. The van der Waals surface area contributed by atoms with Crippen LogP contribution in [0, 0.1) is 11.2 Å². The Bertz CT molecular complexity index is 640. The van der Waals surface area contributed by atoms with E-state index in [-0.39, 0.29) is 0 Å². The first-order valence-electron chi connectivity index (χ1n) is 7.66. The van der Waals surface area contributed by atoms with E-state index in [2.05, 4.69) is 15.9 Å². The maximum absolute atomic E-state index is 13.7. The molecule has 5 nitrogen and oxygen atoms in total. The fraction of sp³-hybridized carbons (Fsp3) is 0.529. The largest absolute Gasteiger partial charge is 0.444 e. The molecular weight excluding hydrogens is 415 g/mol. The Morgan fingerprint density at radius 2 is 2.04 bits per heavy atom. The van der Waals surface area contributed by atoms with Crippen LogP contribution in [0.25, 0.3) is 0 Å². The molecule has 0 aliphatic heterocycles. The lowest BCUT2D eigenvalue weighted by atomic mass is 9.81. The number of alkyl halides is 1. The monoisotopic (exact) mass is 436 g/mol. The highest BCUT2D eigenvalue weighted by molar-refractivity contribution is 9.10. The zero-order chi connectivity index (χ0) is 19.4. The standard InChI is InChI=1S/C17H23BrClFN2O3/c1-16(2,9-17(3,4)25-15(21)24)10-22(14(18)8-23)13-7-11(20)5-6-12(13)19/h5-8,14H,9-10H2,1-4H3,(H2,21,24). The number of rotatable bonds is 8. The summed E-state index contributed by atoms with van der Waals surface area (Å²) in [7, 11) is 0. The zero-order valence-corrected chi connectivity index (χ0v) is 17.0. The number of hydrogen-bond donors (Lipinski definition) is 1. The fourth-order valence-corrected chi connectivity index (χ4v) is 3.65. The highest BCUT2D eigenvalue weighted by Crippen LogP contribution is 2.36. The van der Waals surface area contributed by atoms with Gasteiger partial charge in [-0.2, -0.15) is 0 Å². The molecule has 0 saturated heterocycles. The molecule has 8 heteroatoms. The van der Waals surface area contributed by atoms with Gasteiger partial charge in [0.2, 0.25) is 0 Å². The van der Waals surface area contributed by atoms with Crippen molar-refractivity contribution in [2.45, 2.75) is 44.7 Å². The van der Waals surface area contributed by atoms with Gasteiger partial charge < -0.3 is 20.2 Å². The summed E-state index contributed by atoms with van der Waals surface area (Å²) in [4.78, 5) is 23.4. The van der Waals surface area contributed by atoms with Gasteiger partial charge in [0, 0.05) is 6.54 Å². The number of nitrogens with zero attached hydrogens (tertiary/aromatic N) is 1. The molecule has 0 aliphatic rings. The number of ether oxygens (including phenoxy) is 1. The van der Waals surface area contributed by atoms with Crippen LogP contribution in [-0.4, -0.2) is 29.5 Å². The molecule has 140 valence electrons. The van der Waals surface area contributed by atoms with Crippen LogP contribution in [0.1, 0.15) is 34.1 Å². The summed E-state index contributed by atoms with van der Waals surface area (Å²) in [6, 6.07) is 3.97. The quantitative estimate of drug-likeness (QED) is 0.369. The molecule has 0 spiro atoms. The van der Waals surface area contributed by atoms with Crippen LogP contribution in [0.15, 0.2) is 18.2 Å². The van der Waals surface area contributed by atoms with Crippen molar-refractivity contribution in [3.8, 4) is 0 Å². The van der Waals surface area contributed by atoms with Crippen LogP contribution in [-0.2, 0) is 9.53 Å². The van der Waals surface area contributed by atoms with Gasteiger partial charge >= 0.3 is 6.09 Å². The van der Waals surface area contributed by atoms with Gasteiger partial charge in [0.05, 0.1) is 10.7 Å². The van der Waals surface area contributed by atoms with Crippen molar-refractivity contribution in [2.75, 3.05) is 11.4 Å². The molecule has 1 aromatic carbocycles. The summed E-state index contributed by atoms with van der Waals surface area (Å²) >= 11 is 9.47. The van der Waals surface area contributed by atoms with Crippen LogP contribution < -0.4 is 10.6 Å². The maximum Gasteiger partial charge on any atom is 0.405 e. The maximum atomic E-state index is 13.7. The molecule has 1 amide bonds. The molecule has 2 N–H and O–H groups in total. The van der Waals surface area contributed by atoms with E-state index in [1.165, 1.54) is 18.2 Å². The average molecular weight is 438 g/mol. The number of benzene rings is 1. The Morgan fingerprint density at radius 1 is 1.44 bits per heavy atom. The van der Waals surface area contributed by atoms with Crippen LogP contribution in [0.5, 0.6) is 0 Å². The second kappa shape index (κ2) is 8.36. The number of nitrogens with two attached hydrogens (primary N) is 1. The van der Waals surface area contributed by atoms with Crippen molar-refractivity contribution in [1.82, 2.24) is 0 Å². The second-order valence-corrected chi connectivity index (χ2v) is 8.60. The van der Waals surface area contributed by atoms with Gasteiger partial charge in [0.1, 0.15) is 16.4 Å². The number of halogens is 3. The predicted octanol–water partition coefficient (Wildman–Crippen LogP) is 4.50. The molecular formula is C17H23BrClFN2O3. The van der Waals surface area contributed by atoms with Crippen molar-refractivity contribution < 1.29 is 18.7 Å². The Labute approximate surface area is 160 Å². The van der Waals surface area contributed by atoms with Crippen molar-refractivity contribution in [2.24, 2.45) is 11.1 Å². The van der Waals surface area contributed by atoms with Gasteiger partial charge in [-0.3, -0.25) is 0 Å². The van der Waals surface area contributed by atoms with Gasteiger partial charge in [-0.25, -0.2) is 9.18 Å². The number of amides is 1. The van der Waals surface area contributed by atoms with Crippen LogP contribution in [0.2, 0.25) is 5.02 Å². The minimum absolute atomic E-state index is 0.330. The van der Waals surface area contributed by atoms with Gasteiger partial charge in [-0.1, -0.05) is 41.4 Å². The third-order valence-corrected chi connectivity index (χ3v) is 4.54. The Hall–Kier alpha value is -1.34. The minimum atomic E-state index is -0.850. The molecule has 1 aromatic rings. The summed E-state index contributed by atoms with van der Waals surface area (Å²) in [5, 5.41) is 0.330. The van der Waals surface area contributed by atoms with Crippen LogP contribution in [0.3, 0.4) is 0 Å². The number of anilines is 1. The Kier molecular flexibility index (Phi) is 7.26. The van der Waals surface area contributed by atoms with E-state index >= 15 is 0 Å². The van der Waals surface area contributed by atoms with E-state index in [1.807, 2.05) is 13.8 Å². The van der Waals surface area contributed by atoms with Crippen molar-refractivity contribution in [3.05, 3.63) is 29.0 Å². The molecule has 1 rings (SSSR count). The van der Waals surface area contributed by atoms with E-state index in [9.17, 15) is 14.0 Å². The van der Waals surface area contributed by atoms with Crippen molar-refractivity contribution in [1.29, 1.82) is 0 Å². The summed E-state index contributed by atoms with van der Waals surface area (Å²) in [6.07, 6.45) is 0.310. The number of carbonyl (C=O) groups excluding carboxylic acids is 2. The number of hydrogen-bond acceptors (Lipinski definition) is 4. The summed E-state index contributed by atoms with van der Waals surface area (Å²) in [5.41, 5.74) is 4.30. The summed E-state index contributed by atoms with van der Waals surface area (Å²) in [5.74, 6) is -0.454. The van der Waals surface area contributed by atoms with E-state index in [4.69, 9.17) is 22.1 Å². The topological polar surface area (TPSA) is 72.6 Å². The lowest BCUT2D eigenvalue weighted by Crippen LogP contribution is -2.44. The molecule has 0 radical (unpaired) electrons. The fourth-order valence-electron chi connectivity index (χ4n) is 3.06. The first kappa shape index (κ1) is 21.7. The lowest BCUT2D eigenvalue weighted by molar-refractivity contribution is -0.107. The average Bonchev–Trinajstić information content (AvgIpc) is 2.44. The number of carbonyl (C=O) groups is 2. The summed E-state index contributed by atoms with van der Waals surface area (Å²) < 4.78 is 18.8. The Morgan fingerprint density at radius 3 is 2.56 bits per heavy atom. The smallest absolute Gasteiger partial charge is 0.405 e. The van der Waals surface area contributed by atoms with Crippen LogP contribution >= 0.6 is 27.5 Å². The zero-order valence-electron chi connectivity index (χ0n) is 14.7. The van der Waals surface area contributed by atoms with Gasteiger partial charge in [-0.15, -0.1) is 0 Å². The lowest BCUT2D eigenvalue weighted by Gasteiger charge is -2.39. The molecule has 1 unspecified atom stereocenters. The number of aldehydes is 1. The van der Waals surface area contributed by atoms with Gasteiger partial charge in [0.25, 0.3) is 0 Å². The van der Waals surface area contributed by atoms with E-state index in [0.717, 1.165) is 0 Å². The van der Waals surface area contributed by atoms with Crippen LogP contribution in [0.4, 0.5) is 14.9 Å². The van der Waals surface area contributed by atoms with E-state index in [1.54, 1.807) is 18.7 Å². The van der Waals surface area contributed by atoms with Crippen molar-refractivity contribution in [3.63, 3.8) is 0 Å². The van der Waals surface area contributed by atoms with Crippen molar-refractivity contribution >= 4 is 45.6 Å². The first-order chi connectivity index (χ1) is 11.4.